The third-order valence-corrected chi connectivity index (χ3v) is 3.82. The fourth-order valence-corrected chi connectivity index (χ4v) is 2.28. The Balaban J connectivity index is 1.84. The zero-order chi connectivity index (χ0) is 21.6. The number of carbonyl (C=O) groups is 3. The Bertz CT molecular complexity index is 878. The Morgan fingerprint density at radius 3 is 2.24 bits per heavy atom. The van der Waals surface area contributed by atoms with E-state index in [-0.39, 0.29) is 17.7 Å². The molecule has 0 saturated carbocycles. The molecule has 0 radical (unpaired) electrons. The number of amides is 4. The first kappa shape index (κ1) is 21.8. The van der Waals surface area contributed by atoms with E-state index in [0.717, 1.165) is 0 Å². The van der Waals surface area contributed by atoms with Crippen molar-refractivity contribution in [3.05, 3.63) is 59.0 Å². The van der Waals surface area contributed by atoms with Crippen LogP contribution in [0.25, 0.3) is 0 Å². The van der Waals surface area contributed by atoms with Crippen molar-refractivity contribution in [3.63, 3.8) is 0 Å². The predicted molar refractivity (Wildman–Crippen MR) is 95.7 cm³/mol. The molecule has 1 heterocycles. The van der Waals surface area contributed by atoms with Crippen molar-refractivity contribution < 1.29 is 32.0 Å². The maximum Gasteiger partial charge on any atom is 0.405 e. The van der Waals surface area contributed by atoms with Gasteiger partial charge in [-0.25, -0.2) is 10.2 Å². The summed E-state index contributed by atoms with van der Waals surface area (Å²) >= 11 is 0. The fraction of sp³-hybridized carbons (Fsp3) is 0.278. The molecule has 0 atom stereocenters. The largest absolute Gasteiger partial charge is 0.469 e. The van der Waals surface area contributed by atoms with Crippen LogP contribution in [0, 0.1) is 6.92 Å². The van der Waals surface area contributed by atoms with Crippen molar-refractivity contribution in [1.29, 1.82) is 0 Å². The molecule has 0 aliphatic rings. The number of hydrogen-bond donors (Lipinski definition) is 3. The van der Waals surface area contributed by atoms with Gasteiger partial charge in [0.15, 0.2) is 0 Å². The van der Waals surface area contributed by atoms with Gasteiger partial charge in [-0.2, -0.15) is 13.2 Å². The Labute approximate surface area is 164 Å². The molecule has 156 valence electrons. The summed E-state index contributed by atoms with van der Waals surface area (Å²) in [5.41, 5.74) is 5.49. The minimum absolute atomic E-state index is 0.0628. The molecule has 0 unspecified atom stereocenters. The van der Waals surface area contributed by atoms with Gasteiger partial charge in [-0.3, -0.25) is 15.0 Å². The van der Waals surface area contributed by atoms with E-state index in [4.69, 9.17) is 4.42 Å². The molecule has 0 aliphatic carbocycles. The summed E-state index contributed by atoms with van der Waals surface area (Å²) in [6, 6.07) is 6.62. The van der Waals surface area contributed by atoms with Gasteiger partial charge in [0.25, 0.3) is 11.8 Å². The van der Waals surface area contributed by atoms with Crippen molar-refractivity contribution in [3.8, 4) is 0 Å². The highest BCUT2D eigenvalue weighted by Crippen LogP contribution is 2.13. The molecule has 0 spiro atoms. The number of alkyl halides is 3. The van der Waals surface area contributed by atoms with Gasteiger partial charge in [0, 0.05) is 19.2 Å². The van der Waals surface area contributed by atoms with Gasteiger partial charge in [0.05, 0.1) is 11.8 Å². The van der Waals surface area contributed by atoms with Crippen LogP contribution in [0.2, 0.25) is 0 Å². The summed E-state index contributed by atoms with van der Waals surface area (Å²) in [5.74, 6) is -0.978. The number of hydrogen-bond acceptors (Lipinski definition) is 4. The molecule has 0 bridgehead atoms. The molecule has 4 amide bonds. The lowest BCUT2D eigenvalue weighted by atomic mass is 10.1. The summed E-state index contributed by atoms with van der Waals surface area (Å²) in [4.78, 5) is 36.9. The number of hydrazine groups is 1. The maximum atomic E-state index is 12.1. The number of nitrogens with one attached hydrogen (secondary N) is 3. The monoisotopic (exact) mass is 412 g/mol. The highest BCUT2D eigenvalue weighted by Gasteiger charge is 2.27. The number of benzene rings is 1. The van der Waals surface area contributed by atoms with Gasteiger partial charge >= 0.3 is 12.2 Å². The van der Waals surface area contributed by atoms with E-state index >= 15 is 0 Å². The van der Waals surface area contributed by atoms with Gasteiger partial charge in [0.1, 0.15) is 12.3 Å². The van der Waals surface area contributed by atoms with E-state index in [1.54, 1.807) is 12.2 Å². The van der Waals surface area contributed by atoms with Crippen molar-refractivity contribution in [2.24, 2.45) is 0 Å². The Morgan fingerprint density at radius 2 is 1.69 bits per heavy atom. The van der Waals surface area contributed by atoms with Crippen LogP contribution in [-0.4, -0.2) is 42.5 Å². The Hall–Kier alpha value is -3.50. The lowest BCUT2D eigenvalue weighted by Crippen LogP contribution is -2.47. The molecular weight excluding hydrogens is 393 g/mol. The van der Waals surface area contributed by atoms with Crippen molar-refractivity contribution in [2.75, 3.05) is 13.6 Å². The van der Waals surface area contributed by atoms with Crippen LogP contribution in [0.15, 0.2) is 41.0 Å². The molecule has 0 aliphatic heterocycles. The average molecular weight is 412 g/mol. The summed E-state index contributed by atoms with van der Waals surface area (Å²) in [6.45, 7) is 0.327. The minimum atomic E-state index is -4.49. The van der Waals surface area contributed by atoms with Gasteiger partial charge in [0.2, 0.25) is 0 Å². The van der Waals surface area contributed by atoms with Crippen LogP contribution in [0.1, 0.15) is 32.0 Å². The third kappa shape index (κ3) is 6.55. The smallest absolute Gasteiger partial charge is 0.405 e. The number of halogens is 3. The highest BCUT2D eigenvalue weighted by molar-refractivity contribution is 5.96. The van der Waals surface area contributed by atoms with Crippen LogP contribution in [0.5, 0.6) is 0 Å². The molecule has 1 aromatic heterocycles. The number of aryl methyl sites for hydroxylation is 1. The van der Waals surface area contributed by atoms with Crippen molar-refractivity contribution in [2.45, 2.75) is 19.6 Å². The molecule has 8 nitrogen and oxygen atoms in total. The summed E-state index contributed by atoms with van der Waals surface area (Å²) in [5, 5.41) is 1.77. The molecule has 0 fully saturated rings. The van der Waals surface area contributed by atoms with Crippen molar-refractivity contribution in [1.82, 2.24) is 21.1 Å². The normalized spacial score (nSPS) is 10.9. The first-order chi connectivity index (χ1) is 13.6. The second kappa shape index (κ2) is 9.13. The molecular formula is C18H19F3N4O4. The molecule has 1 aromatic carbocycles. The second-order valence-electron chi connectivity index (χ2n) is 6.13. The van der Waals surface area contributed by atoms with Crippen LogP contribution >= 0.6 is 0 Å². The molecule has 2 aromatic rings. The first-order valence-electron chi connectivity index (χ1n) is 8.36. The topological polar surface area (TPSA) is 104 Å². The van der Waals surface area contributed by atoms with E-state index in [0.29, 0.717) is 11.3 Å². The lowest BCUT2D eigenvalue weighted by molar-refractivity contribution is -0.123. The van der Waals surface area contributed by atoms with Crippen LogP contribution < -0.4 is 16.2 Å². The summed E-state index contributed by atoms with van der Waals surface area (Å²) in [6.07, 6.45) is -3.14. The zero-order valence-corrected chi connectivity index (χ0v) is 15.6. The molecule has 2 rings (SSSR count). The SMILES string of the molecule is Cc1occc1C(=O)NNC(=O)N(C)Cc1ccc(C(=O)NCC(F)(F)F)cc1. The molecule has 3 N–H and O–H groups in total. The van der Waals surface area contributed by atoms with Gasteiger partial charge in [-0.1, -0.05) is 12.1 Å². The summed E-state index contributed by atoms with van der Waals surface area (Å²) < 4.78 is 41.4. The quantitative estimate of drug-likeness (QED) is 0.656. The number of furan rings is 1. The lowest BCUT2D eigenvalue weighted by Gasteiger charge is -2.18. The van der Waals surface area contributed by atoms with E-state index < -0.39 is 30.6 Å². The van der Waals surface area contributed by atoms with E-state index in [1.165, 1.54) is 48.5 Å². The standard InChI is InChI=1S/C18H19F3N4O4/c1-11-14(7-8-29-11)16(27)23-24-17(28)25(2)9-12-3-5-13(6-4-12)15(26)22-10-18(19,20)21/h3-8H,9-10H2,1-2H3,(H,22,26)(H,23,27)(H,24,28). The Kier molecular flexibility index (Phi) is 6.86. The van der Waals surface area contributed by atoms with E-state index in [1.807, 2.05) is 0 Å². The zero-order valence-electron chi connectivity index (χ0n) is 15.6. The predicted octanol–water partition coefficient (Wildman–Crippen LogP) is 2.37. The van der Waals surface area contributed by atoms with Gasteiger partial charge < -0.3 is 14.6 Å². The van der Waals surface area contributed by atoms with Gasteiger partial charge in [-0.05, 0) is 30.7 Å². The summed E-state index contributed by atoms with van der Waals surface area (Å²) in [7, 11) is 1.48. The maximum absolute atomic E-state index is 12.1. The number of nitrogens with zero attached hydrogens (tertiary/aromatic N) is 1. The van der Waals surface area contributed by atoms with Crippen LogP contribution in [0.3, 0.4) is 0 Å². The number of carbonyl (C=O) groups excluding carboxylic acids is 3. The van der Waals surface area contributed by atoms with Gasteiger partial charge in [-0.15, -0.1) is 0 Å². The van der Waals surface area contributed by atoms with Crippen LogP contribution in [-0.2, 0) is 6.54 Å². The van der Waals surface area contributed by atoms with Crippen molar-refractivity contribution >= 4 is 17.8 Å². The first-order valence-corrected chi connectivity index (χ1v) is 8.36. The number of rotatable bonds is 5. The third-order valence-electron chi connectivity index (χ3n) is 3.82. The fourth-order valence-electron chi connectivity index (χ4n) is 2.28. The van der Waals surface area contributed by atoms with Crippen LogP contribution in [0.4, 0.5) is 18.0 Å². The average Bonchev–Trinajstić information content (AvgIpc) is 3.09. The van der Waals surface area contributed by atoms with E-state index in [2.05, 4.69) is 10.9 Å². The molecule has 29 heavy (non-hydrogen) atoms. The molecule has 11 heteroatoms. The van der Waals surface area contributed by atoms with E-state index in [9.17, 15) is 27.6 Å². The minimum Gasteiger partial charge on any atom is -0.469 e. The second-order valence-corrected chi connectivity index (χ2v) is 6.13. The highest BCUT2D eigenvalue weighted by atomic mass is 19.4. The number of urea groups is 1. The Morgan fingerprint density at radius 1 is 1.03 bits per heavy atom. The molecule has 0 saturated heterocycles.